The van der Waals surface area contributed by atoms with Crippen LogP contribution in [-0.4, -0.2) is 10.5 Å². The Balaban J connectivity index is 1.76. The van der Waals surface area contributed by atoms with E-state index in [9.17, 15) is 4.79 Å². The van der Waals surface area contributed by atoms with Gasteiger partial charge in [0.25, 0.3) is 0 Å². The van der Waals surface area contributed by atoms with Crippen molar-refractivity contribution in [1.82, 2.24) is 4.57 Å². The molecule has 1 aliphatic rings. The summed E-state index contributed by atoms with van der Waals surface area (Å²) in [7, 11) is 0. The lowest BCUT2D eigenvalue weighted by Gasteiger charge is -2.19. The molecule has 3 nitrogen and oxygen atoms in total. The van der Waals surface area contributed by atoms with E-state index in [-0.39, 0.29) is 11.9 Å². The van der Waals surface area contributed by atoms with Crippen LogP contribution in [0.5, 0.6) is 0 Å². The van der Waals surface area contributed by atoms with E-state index in [0.717, 1.165) is 12.8 Å². The number of esters is 1. The van der Waals surface area contributed by atoms with E-state index in [1.165, 1.54) is 19.3 Å². The van der Waals surface area contributed by atoms with E-state index in [2.05, 4.69) is 0 Å². The van der Waals surface area contributed by atoms with Crippen LogP contribution < -0.4 is 0 Å². The average molecular weight is 207 g/mol. The minimum Gasteiger partial charge on any atom is -0.444 e. The number of ether oxygens (including phenoxy) is 1. The lowest BCUT2D eigenvalue weighted by molar-refractivity contribution is -0.153. The molecule has 0 unspecified atom stereocenters. The van der Waals surface area contributed by atoms with Gasteiger partial charge in [-0.05, 0) is 25.0 Å². The third-order valence-corrected chi connectivity index (χ3v) is 2.96. The molecular weight excluding hydrogens is 190 g/mol. The third kappa shape index (κ3) is 2.85. The fourth-order valence-electron chi connectivity index (χ4n) is 2.05. The molecule has 3 heteroatoms. The molecule has 0 aromatic carbocycles. The van der Waals surface area contributed by atoms with Crippen molar-refractivity contribution in [3.8, 4) is 0 Å². The van der Waals surface area contributed by atoms with Crippen molar-refractivity contribution >= 4 is 5.97 Å². The second-order valence-corrected chi connectivity index (χ2v) is 4.12. The fraction of sp³-hybridized carbons (Fsp3) is 0.583. The normalized spacial score (nSPS) is 17.6. The summed E-state index contributed by atoms with van der Waals surface area (Å²) < 4.78 is 7.11. The highest BCUT2D eigenvalue weighted by Crippen LogP contribution is 2.24. The number of carbonyl (C=O) groups is 1. The molecule has 1 aromatic rings. The van der Waals surface area contributed by atoms with Gasteiger partial charge in [-0.15, -0.1) is 0 Å². The number of rotatable bonds is 3. The van der Waals surface area contributed by atoms with Gasteiger partial charge in [-0.2, -0.15) is 0 Å². The SMILES string of the molecule is O=C(OCn1cccc1)C1CCCCC1. The van der Waals surface area contributed by atoms with E-state index >= 15 is 0 Å². The van der Waals surface area contributed by atoms with Crippen molar-refractivity contribution < 1.29 is 9.53 Å². The summed E-state index contributed by atoms with van der Waals surface area (Å²) in [4.78, 5) is 11.7. The highest BCUT2D eigenvalue weighted by atomic mass is 16.5. The van der Waals surface area contributed by atoms with Crippen LogP contribution >= 0.6 is 0 Å². The second-order valence-electron chi connectivity index (χ2n) is 4.12. The summed E-state index contributed by atoms with van der Waals surface area (Å²) in [6.45, 7) is 0.350. The smallest absolute Gasteiger partial charge is 0.310 e. The molecule has 1 aliphatic carbocycles. The van der Waals surface area contributed by atoms with Crippen molar-refractivity contribution in [3.05, 3.63) is 24.5 Å². The van der Waals surface area contributed by atoms with Crippen molar-refractivity contribution in [2.24, 2.45) is 5.92 Å². The molecule has 0 saturated heterocycles. The van der Waals surface area contributed by atoms with Gasteiger partial charge in [0.1, 0.15) is 0 Å². The Labute approximate surface area is 90.0 Å². The van der Waals surface area contributed by atoms with E-state index in [0.29, 0.717) is 6.73 Å². The van der Waals surface area contributed by atoms with Gasteiger partial charge in [0.2, 0.25) is 0 Å². The molecule has 1 aromatic heterocycles. The van der Waals surface area contributed by atoms with Gasteiger partial charge >= 0.3 is 5.97 Å². The zero-order valence-electron chi connectivity index (χ0n) is 8.89. The van der Waals surface area contributed by atoms with Gasteiger partial charge in [0.15, 0.2) is 6.73 Å². The maximum atomic E-state index is 11.7. The summed E-state index contributed by atoms with van der Waals surface area (Å²) in [6, 6.07) is 3.85. The van der Waals surface area contributed by atoms with Crippen molar-refractivity contribution in [2.75, 3.05) is 0 Å². The molecule has 1 saturated carbocycles. The zero-order chi connectivity index (χ0) is 10.5. The average Bonchev–Trinajstić information content (AvgIpc) is 2.80. The first-order valence-electron chi connectivity index (χ1n) is 5.63. The van der Waals surface area contributed by atoms with Crippen LogP contribution in [0.4, 0.5) is 0 Å². The Bertz CT molecular complexity index is 299. The highest BCUT2D eigenvalue weighted by Gasteiger charge is 2.22. The lowest BCUT2D eigenvalue weighted by atomic mass is 9.89. The number of hydrogen-bond donors (Lipinski definition) is 0. The predicted octanol–water partition coefficient (Wildman–Crippen LogP) is 2.57. The Morgan fingerprint density at radius 2 is 1.87 bits per heavy atom. The Morgan fingerprint density at radius 3 is 2.53 bits per heavy atom. The maximum Gasteiger partial charge on any atom is 0.310 e. The van der Waals surface area contributed by atoms with Crippen LogP contribution in [0.15, 0.2) is 24.5 Å². The quantitative estimate of drug-likeness (QED) is 0.713. The van der Waals surface area contributed by atoms with E-state index in [4.69, 9.17) is 4.74 Å². The van der Waals surface area contributed by atoms with E-state index in [1.807, 2.05) is 29.1 Å². The number of aromatic nitrogens is 1. The molecule has 1 fully saturated rings. The highest BCUT2D eigenvalue weighted by molar-refractivity contribution is 5.72. The number of carbonyl (C=O) groups excluding carboxylic acids is 1. The molecular formula is C12H17NO2. The first kappa shape index (κ1) is 10.3. The van der Waals surface area contributed by atoms with Crippen molar-refractivity contribution in [3.63, 3.8) is 0 Å². The van der Waals surface area contributed by atoms with Gasteiger partial charge in [0, 0.05) is 12.4 Å². The minimum atomic E-state index is -0.0246. The fourth-order valence-corrected chi connectivity index (χ4v) is 2.05. The van der Waals surface area contributed by atoms with Gasteiger partial charge in [0.05, 0.1) is 5.92 Å². The summed E-state index contributed by atoms with van der Waals surface area (Å²) in [6.07, 6.45) is 9.41. The van der Waals surface area contributed by atoms with Gasteiger partial charge < -0.3 is 9.30 Å². The Morgan fingerprint density at radius 1 is 1.20 bits per heavy atom. The van der Waals surface area contributed by atoms with Gasteiger partial charge in [-0.25, -0.2) is 0 Å². The van der Waals surface area contributed by atoms with Crippen molar-refractivity contribution in [1.29, 1.82) is 0 Å². The van der Waals surface area contributed by atoms with E-state index in [1.54, 1.807) is 0 Å². The number of nitrogens with zero attached hydrogens (tertiary/aromatic N) is 1. The van der Waals surface area contributed by atoms with E-state index < -0.39 is 0 Å². The standard InChI is InChI=1S/C12H17NO2/c14-12(11-6-2-1-3-7-11)15-10-13-8-4-5-9-13/h4-5,8-9,11H,1-3,6-7,10H2. The molecule has 82 valence electrons. The molecule has 1 heterocycles. The van der Waals surface area contributed by atoms with Crippen LogP contribution in [0, 0.1) is 5.92 Å². The number of hydrogen-bond acceptors (Lipinski definition) is 2. The molecule has 0 atom stereocenters. The molecule has 0 spiro atoms. The second kappa shape index (κ2) is 5.01. The van der Waals surface area contributed by atoms with Gasteiger partial charge in [-0.1, -0.05) is 19.3 Å². The monoisotopic (exact) mass is 207 g/mol. The maximum absolute atomic E-state index is 11.7. The summed E-state index contributed by atoms with van der Waals surface area (Å²) in [5, 5.41) is 0. The topological polar surface area (TPSA) is 31.2 Å². The first-order chi connectivity index (χ1) is 7.36. The molecule has 15 heavy (non-hydrogen) atoms. The van der Waals surface area contributed by atoms with Crippen LogP contribution in [0.25, 0.3) is 0 Å². The van der Waals surface area contributed by atoms with Crippen LogP contribution in [0.3, 0.4) is 0 Å². The zero-order valence-corrected chi connectivity index (χ0v) is 8.89. The third-order valence-electron chi connectivity index (χ3n) is 2.96. The molecule has 2 rings (SSSR count). The van der Waals surface area contributed by atoms with Crippen LogP contribution in [0.2, 0.25) is 0 Å². The molecule has 0 radical (unpaired) electrons. The Hall–Kier alpha value is -1.25. The largest absolute Gasteiger partial charge is 0.444 e. The molecule has 0 aliphatic heterocycles. The summed E-state index contributed by atoms with van der Waals surface area (Å²) in [5.74, 6) is 0.123. The summed E-state index contributed by atoms with van der Waals surface area (Å²) >= 11 is 0. The minimum absolute atomic E-state index is 0.0246. The molecule has 0 amide bonds. The summed E-state index contributed by atoms with van der Waals surface area (Å²) in [5.41, 5.74) is 0. The first-order valence-corrected chi connectivity index (χ1v) is 5.63. The molecule has 0 bridgehead atoms. The van der Waals surface area contributed by atoms with Gasteiger partial charge in [-0.3, -0.25) is 4.79 Å². The van der Waals surface area contributed by atoms with Crippen LogP contribution in [-0.2, 0) is 16.3 Å². The van der Waals surface area contributed by atoms with Crippen LogP contribution in [0.1, 0.15) is 32.1 Å². The lowest BCUT2D eigenvalue weighted by Crippen LogP contribution is -2.21. The predicted molar refractivity (Wildman–Crippen MR) is 57.1 cm³/mol. The molecule has 0 N–H and O–H groups in total. The Kier molecular flexibility index (Phi) is 3.43. The van der Waals surface area contributed by atoms with Crippen molar-refractivity contribution in [2.45, 2.75) is 38.8 Å².